The average Bonchev–Trinajstić information content (AvgIpc) is 3.37. The lowest BCUT2D eigenvalue weighted by atomic mass is 10.00. The fraction of sp³-hybridized carbons (Fsp3) is 0.185. The van der Waals surface area contributed by atoms with Crippen LogP contribution in [0.2, 0.25) is 0 Å². The third-order valence-electron chi connectivity index (χ3n) is 5.83. The van der Waals surface area contributed by atoms with Crippen molar-refractivity contribution in [1.82, 2.24) is 20.2 Å². The monoisotopic (exact) mass is 466 g/mol. The summed E-state index contributed by atoms with van der Waals surface area (Å²) in [6, 6.07) is 25.4. The first kappa shape index (κ1) is 22.3. The second kappa shape index (κ2) is 9.80. The lowest BCUT2D eigenvalue weighted by Crippen LogP contribution is -2.37. The molecule has 0 radical (unpaired) electrons. The number of rotatable bonds is 7. The zero-order chi connectivity index (χ0) is 24.2. The average molecular weight is 467 g/mol. The topological polar surface area (TPSA) is 85.2 Å². The van der Waals surface area contributed by atoms with Crippen LogP contribution in [0.15, 0.2) is 84.9 Å². The van der Waals surface area contributed by atoms with E-state index in [1.54, 1.807) is 4.68 Å². The third kappa shape index (κ3) is 4.77. The Morgan fingerprint density at radius 1 is 1.00 bits per heavy atom. The second-order valence-corrected chi connectivity index (χ2v) is 8.29. The maximum atomic E-state index is 13.1. The first-order chi connectivity index (χ1) is 17.1. The van der Waals surface area contributed by atoms with E-state index in [0.29, 0.717) is 18.2 Å². The molecule has 0 spiro atoms. The first-order valence-electron chi connectivity index (χ1n) is 11.5. The van der Waals surface area contributed by atoms with Crippen LogP contribution < -0.4 is 15.0 Å². The van der Waals surface area contributed by atoms with Gasteiger partial charge in [-0.15, -0.1) is 0 Å². The third-order valence-corrected chi connectivity index (χ3v) is 5.83. The molecule has 3 aromatic carbocycles. The van der Waals surface area contributed by atoms with Crippen molar-refractivity contribution < 1.29 is 9.53 Å². The summed E-state index contributed by atoms with van der Waals surface area (Å²) in [6.45, 7) is 4.63. The maximum absolute atomic E-state index is 13.1. The highest BCUT2D eigenvalue weighted by Crippen LogP contribution is 2.36. The number of ether oxygens (including phenoxy) is 1. The van der Waals surface area contributed by atoms with Crippen molar-refractivity contribution in [1.29, 1.82) is 0 Å². The Bertz CT molecular complexity index is 1330. The number of aryl methyl sites for hydroxylation is 1. The molecule has 1 atom stereocenters. The van der Waals surface area contributed by atoms with Crippen LogP contribution >= 0.6 is 0 Å². The Balaban J connectivity index is 1.47. The van der Waals surface area contributed by atoms with Crippen LogP contribution in [0.1, 0.15) is 29.7 Å². The van der Waals surface area contributed by atoms with E-state index < -0.39 is 0 Å². The smallest absolute Gasteiger partial charge is 0.251 e. The van der Waals surface area contributed by atoms with Crippen LogP contribution in [-0.2, 0) is 4.79 Å². The number of nitrogens with one attached hydrogen (secondary N) is 1. The van der Waals surface area contributed by atoms with Crippen LogP contribution in [0.3, 0.4) is 0 Å². The molecule has 2 heterocycles. The van der Waals surface area contributed by atoms with E-state index in [2.05, 4.69) is 51.2 Å². The van der Waals surface area contributed by atoms with Gasteiger partial charge in [0.2, 0.25) is 5.91 Å². The fourth-order valence-corrected chi connectivity index (χ4v) is 4.13. The zero-order valence-electron chi connectivity index (χ0n) is 19.6. The summed E-state index contributed by atoms with van der Waals surface area (Å²) in [4.78, 5) is 15.0. The molecule has 35 heavy (non-hydrogen) atoms. The molecule has 8 heteroatoms. The highest BCUT2D eigenvalue weighted by Gasteiger charge is 2.31. The Morgan fingerprint density at radius 3 is 2.46 bits per heavy atom. The van der Waals surface area contributed by atoms with E-state index in [1.807, 2.05) is 73.3 Å². The number of anilines is 2. The number of tetrazole rings is 1. The molecule has 8 nitrogen and oxygen atoms in total. The number of nitrogens with zero attached hydrogens (tertiary/aromatic N) is 5. The van der Waals surface area contributed by atoms with E-state index in [9.17, 15) is 4.79 Å². The van der Waals surface area contributed by atoms with Gasteiger partial charge in [0.15, 0.2) is 0 Å². The molecule has 1 aliphatic rings. The molecular formula is C27H26N6O2. The van der Waals surface area contributed by atoms with Crippen LogP contribution in [0, 0.1) is 6.92 Å². The number of aromatic nitrogens is 4. The summed E-state index contributed by atoms with van der Waals surface area (Å²) < 4.78 is 7.23. The molecule has 0 aliphatic carbocycles. The molecule has 1 aromatic heterocycles. The SMILES string of the molecule is CCOc1ccc(NC(=O)CN2C(c3ccc(C)cc3)=C[C@H](c3ccccc3)n3nnnc32)cc1. The molecule has 1 N–H and O–H groups in total. The number of fused-ring (bicyclic) bond motifs is 1. The number of carbonyl (C=O) groups is 1. The standard InChI is InChI=1S/C27H26N6O2/c1-3-35-23-15-13-22(14-16-23)28-26(34)18-32-24(21-11-9-19(2)10-12-21)17-25(20-7-5-4-6-8-20)33-27(32)29-30-31-33/h4-17,25H,3,18H2,1-2H3,(H,28,34)/t25-/m1/s1. The van der Waals surface area contributed by atoms with Crippen molar-refractivity contribution in [3.8, 4) is 5.75 Å². The van der Waals surface area contributed by atoms with E-state index in [4.69, 9.17) is 4.74 Å². The minimum Gasteiger partial charge on any atom is -0.494 e. The molecule has 176 valence electrons. The fourth-order valence-electron chi connectivity index (χ4n) is 4.13. The van der Waals surface area contributed by atoms with Crippen molar-refractivity contribution in [2.75, 3.05) is 23.4 Å². The van der Waals surface area contributed by atoms with E-state index in [0.717, 1.165) is 28.1 Å². The van der Waals surface area contributed by atoms with Gasteiger partial charge in [0.1, 0.15) is 18.3 Å². The number of amides is 1. The highest BCUT2D eigenvalue weighted by atomic mass is 16.5. The van der Waals surface area contributed by atoms with Gasteiger partial charge < -0.3 is 10.1 Å². The number of hydrogen-bond donors (Lipinski definition) is 1. The summed E-state index contributed by atoms with van der Waals surface area (Å²) in [5.74, 6) is 1.09. The lowest BCUT2D eigenvalue weighted by molar-refractivity contribution is -0.114. The molecule has 0 fully saturated rings. The summed E-state index contributed by atoms with van der Waals surface area (Å²) in [5, 5.41) is 15.4. The van der Waals surface area contributed by atoms with Gasteiger partial charge in [0, 0.05) is 5.69 Å². The largest absolute Gasteiger partial charge is 0.494 e. The quantitative estimate of drug-likeness (QED) is 0.433. The van der Waals surface area contributed by atoms with E-state index >= 15 is 0 Å². The molecule has 0 saturated carbocycles. The molecule has 0 saturated heterocycles. The van der Waals surface area contributed by atoms with Gasteiger partial charge in [0.05, 0.1) is 12.3 Å². The molecular weight excluding hydrogens is 440 g/mol. The minimum absolute atomic E-state index is 0.0504. The highest BCUT2D eigenvalue weighted by molar-refractivity contribution is 5.97. The molecule has 1 aliphatic heterocycles. The van der Waals surface area contributed by atoms with Crippen LogP contribution in [-0.4, -0.2) is 39.3 Å². The Morgan fingerprint density at radius 2 is 1.74 bits per heavy atom. The number of hydrogen-bond acceptors (Lipinski definition) is 6. The van der Waals surface area contributed by atoms with Crippen molar-refractivity contribution in [2.45, 2.75) is 19.9 Å². The number of allylic oxidation sites excluding steroid dienone is 1. The summed E-state index contributed by atoms with van der Waals surface area (Å²) in [6.07, 6.45) is 2.10. The molecule has 5 rings (SSSR count). The van der Waals surface area contributed by atoms with Gasteiger partial charge in [-0.05, 0) is 65.7 Å². The molecule has 1 amide bonds. The zero-order valence-corrected chi connectivity index (χ0v) is 19.6. The molecule has 4 aromatic rings. The lowest BCUT2D eigenvalue weighted by Gasteiger charge is -2.32. The summed E-state index contributed by atoms with van der Waals surface area (Å²) in [7, 11) is 0. The van der Waals surface area contributed by atoms with Gasteiger partial charge in [-0.2, -0.15) is 4.68 Å². The van der Waals surface area contributed by atoms with E-state index in [-0.39, 0.29) is 18.5 Å². The Hall–Kier alpha value is -4.46. The van der Waals surface area contributed by atoms with Gasteiger partial charge in [-0.3, -0.25) is 9.69 Å². The number of carbonyl (C=O) groups excluding carboxylic acids is 1. The molecule has 0 unspecified atom stereocenters. The summed E-state index contributed by atoms with van der Waals surface area (Å²) >= 11 is 0. The first-order valence-corrected chi connectivity index (χ1v) is 11.5. The predicted molar refractivity (Wildman–Crippen MR) is 135 cm³/mol. The van der Waals surface area contributed by atoms with Crippen molar-refractivity contribution >= 4 is 23.2 Å². The molecule has 0 bridgehead atoms. The Labute approximate surface area is 203 Å². The summed E-state index contributed by atoms with van der Waals surface area (Å²) in [5.41, 5.74) is 4.78. The Kier molecular flexibility index (Phi) is 6.26. The van der Waals surface area contributed by atoms with Gasteiger partial charge in [-0.1, -0.05) is 65.3 Å². The van der Waals surface area contributed by atoms with Crippen molar-refractivity contribution in [3.63, 3.8) is 0 Å². The maximum Gasteiger partial charge on any atom is 0.251 e. The second-order valence-electron chi connectivity index (χ2n) is 8.29. The van der Waals surface area contributed by atoms with E-state index in [1.165, 1.54) is 0 Å². The minimum atomic E-state index is -0.192. The number of benzene rings is 3. The van der Waals surface area contributed by atoms with Crippen molar-refractivity contribution in [3.05, 3.63) is 102 Å². The van der Waals surface area contributed by atoms with Crippen LogP contribution in [0.5, 0.6) is 5.75 Å². The van der Waals surface area contributed by atoms with Gasteiger partial charge >= 0.3 is 0 Å². The van der Waals surface area contributed by atoms with Crippen molar-refractivity contribution in [2.24, 2.45) is 0 Å². The predicted octanol–water partition coefficient (Wildman–Crippen LogP) is 4.47. The van der Waals surface area contributed by atoms with Gasteiger partial charge in [0.25, 0.3) is 5.95 Å². The normalized spacial score (nSPS) is 14.7. The van der Waals surface area contributed by atoms with Crippen LogP contribution in [0.4, 0.5) is 11.6 Å². The van der Waals surface area contributed by atoms with Gasteiger partial charge in [-0.25, -0.2) is 0 Å². The van der Waals surface area contributed by atoms with Crippen LogP contribution in [0.25, 0.3) is 5.70 Å².